The molecule has 4 aliphatic carbocycles. The highest BCUT2D eigenvalue weighted by atomic mass is 16.1. The molecule has 22 heavy (non-hydrogen) atoms. The minimum absolute atomic E-state index is 0.0790. The molecule has 1 unspecified atom stereocenters. The third-order valence-electron chi connectivity index (χ3n) is 8.06. The van der Waals surface area contributed by atoms with Crippen LogP contribution in [-0.2, 0) is 9.59 Å². The molecule has 3 saturated carbocycles. The normalized spacial score (nSPS) is 50.6. The fourth-order valence-electron chi connectivity index (χ4n) is 6.82. The minimum Gasteiger partial charge on any atom is -0.302 e. The first-order valence-electron chi connectivity index (χ1n) is 9.23. The Labute approximate surface area is 133 Å². The van der Waals surface area contributed by atoms with Gasteiger partial charge in [-0.05, 0) is 68.6 Å². The Balaban J connectivity index is 1.76. The molecule has 0 aromatic rings. The van der Waals surface area contributed by atoms with E-state index >= 15 is 0 Å². The number of rotatable bonds is 1. The SMILES string of the molecule is CC1CCC=C2CC[C@@H]3[C@@H](CC[C@]4(C)C(=O)CC[C@@H]34)[C@]21C=O. The second-order valence-electron chi connectivity index (χ2n) is 8.59. The Morgan fingerprint density at radius 1 is 1.14 bits per heavy atom. The Kier molecular flexibility index (Phi) is 3.19. The Bertz CT molecular complexity index is 548. The third kappa shape index (κ3) is 1.62. The molecule has 6 atom stereocenters. The summed E-state index contributed by atoms with van der Waals surface area (Å²) in [7, 11) is 0. The van der Waals surface area contributed by atoms with E-state index in [1.54, 1.807) is 0 Å². The van der Waals surface area contributed by atoms with Crippen LogP contribution in [0.2, 0.25) is 0 Å². The van der Waals surface area contributed by atoms with Crippen LogP contribution in [0.3, 0.4) is 0 Å². The predicted octanol–water partition coefficient (Wildman–Crippen LogP) is 4.33. The molecule has 0 spiro atoms. The van der Waals surface area contributed by atoms with Crippen molar-refractivity contribution in [2.24, 2.45) is 34.5 Å². The van der Waals surface area contributed by atoms with E-state index in [2.05, 4.69) is 19.9 Å². The zero-order valence-electron chi connectivity index (χ0n) is 13.9. The van der Waals surface area contributed by atoms with Crippen LogP contribution >= 0.6 is 0 Å². The molecular weight excluding hydrogens is 272 g/mol. The van der Waals surface area contributed by atoms with Crippen molar-refractivity contribution in [2.75, 3.05) is 0 Å². The van der Waals surface area contributed by atoms with Crippen molar-refractivity contribution in [2.45, 2.75) is 65.2 Å². The summed E-state index contributed by atoms with van der Waals surface area (Å²) >= 11 is 0. The first kappa shape index (κ1) is 14.7. The molecule has 0 aliphatic heterocycles. The van der Waals surface area contributed by atoms with Gasteiger partial charge in [0.2, 0.25) is 0 Å². The highest BCUT2D eigenvalue weighted by Crippen LogP contribution is 2.65. The lowest BCUT2D eigenvalue weighted by Crippen LogP contribution is -2.54. The largest absolute Gasteiger partial charge is 0.302 e. The molecule has 0 amide bonds. The number of hydrogen-bond donors (Lipinski definition) is 0. The summed E-state index contributed by atoms with van der Waals surface area (Å²) in [6.07, 6.45) is 12.2. The fraction of sp³-hybridized carbons (Fsp3) is 0.800. The number of carbonyl (C=O) groups is 2. The molecule has 0 aromatic carbocycles. The van der Waals surface area contributed by atoms with Gasteiger partial charge in [0.1, 0.15) is 12.1 Å². The number of allylic oxidation sites excluding steroid dienone is 2. The second kappa shape index (κ2) is 4.79. The number of Topliss-reactive ketones (excluding diaryl/α,β-unsaturated/α-hetero) is 1. The summed E-state index contributed by atoms with van der Waals surface area (Å²) in [5.41, 5.74) is 1.16. The summed E-state index contributed by atoms with van der Waals surface area (Å²) < 4.78 is 0. The highest BCUT2D eigenvalue weighted by molar-refractivity contribution is 5.87. The van der Waals surface area contributed by atoms with E-state index in [1.165, 1.54) is 18.3 Å². The van der Waals surface area contributed by atoms with Crippen molar-refractivity contribution in [1.82, 2.24) is 0 Å². The summed E-state index contributed by atoms with van der Waals surface area (Å²) in [6.45, 7) is 4.50. The topological polar surface area (TPSA) is 34.1 Å². The maximum Gasteiger partial charge on any atom is 0.139 e. The zero-order valence-corrected chi connectivity index (χ0v) is 13.9. The molecular formula is C20H28O2. The Hall–Kier alpha value is -0.920. The van der Waals surface area contributed by atoms with Gasteiger partial charge in [-0.3, -0.25) is 4.79 Å². The number of hydrogen-bond acceptors (Lipinski definition) is 2. The van der Waals surface area contributed by atoms with Crippen molar-refractivity contribution in [3.8, 4) is 0 Å². The molecule has 2 heteroatoms. The number of ketones is 1. The smallest absolute Gasteiger partial charge is 0.139 e. The van der Waals surface area contributed by atoms with Crippen molar-refractivity contribution in [3.63, 3.8) is 0 Å². The van der Waals surface area contributed by atoms with E-state index in [1.807, 2.05) is 0 Å². The number of fused-ring (bicyclic) bond motifs is 5. The standard InChI is InChI=1S/C20H28O2/c1-13-4-3-5-14-6-7-15-16-8-9-18(22)19(16,2)11-10-17(15)20(13,14)12-21/h5,12-13,15-17H,3-4,6-11H2,1-2H3/t13?,15-,16-,17+,19-,20-/m0/s1. The van der Waals surface area contributed by atoms with E-state index in [4.69, 9.17) is 0 Å². The molecule has 0 aromatic heterocycles. The molecule has 0 bridgehead atoms. The third-order valence-corrected chi connectivity index (χ3v) is 8.06. The van der Waals surface area contributed by atoms with Gasteiger partial charge < -0.3 is 4.79 Å². The van der Waals surface area contributed by atoms with E-state index in [0.29, 0.717) is 29.5 Å². The molecule has 2 nitrogen and oxygen atoms in total. The van der Waals surface area contributed by atoms with E-state index in [0.717, 1.165) is 44.9 Å². The van der Waals surface area contributed by atoms with Crippen LogP contribution < -0.4 is 0 Å². The van der Waals surface area contributed by atoms with E-state index in [9.17, 15) is 9.59 Å². The summed E-state index contributed by atoms with van der Waals surface area (Å²) in [5.74, 6) is 2.58. The van der Waals surface area contributed by atoms with Gasteiger partial charge >= 0.3 is 0 Å². The molecule has 4 rings (SSSR count). The molecule has 0 N–H and O–H groups in total. The first-order chi connectivity index (χ1) is 10.5. The average Bonchev–Trinajstić information content (AvgIpc) is 2.83. The minimum atomic E-state index is -0.200. The van der Waals surface area contributed by atoms with Crippen molar-refractivity contribution in [1.29, 1.82) is 0 Å². The van der Waals surface area contributed by atoms with Gasteiger partial charge in [-0.1, -0.05) is 25.5 Å². The predicted molar refractivity (Wildman–Crippen MR) is 86.3 cm³/mol. The first-order valence-corrected chi connectivity index (χ1v) is 9.23. The average molecular weight is 300 g/mol. The van der Waals surface area contributed by atoms with Crippen LogP contribution in [0.25, 0.3) is 0 Å². The van der Waals surface area contributed by atoms with Crippen molar-refractivity contribution in [3.05, 3.63) is 11.6 Å². The second-order valence-corrected chi connectivity index (χ2v) is 8.59. The van der Waals surface area contributed by atoms with E-state index < -0.39 is 0 Å². The summed E-state index contributed by atoms with van der Waals surface area (Å²) in [6, 6.07) is 0. The maximum atomic E-state index is 12.4. The highest BCUT2D eigenvalue weighted by Gasteiger charge is 2.61. The number of carbonyl (C=O) groups excluding carboxylic acids is 2. The quantitative estimate of drug-likeness (QED) is 0.533. The van der Waals surface area contributed by atoms with Crippen LogP contribution in [0.15, 0.2) is 11.6 Å². The monoisotopic (exact) mass is 300 g/mol. The van der Waals surface area contributed by atoms with Gasteiger partial charge in [-0.15, -0.1) is 0 Å². The van der Waals surface area contributed by atoms with Crippen LogP contribution in [0, 0.1) is 34.5 Å². The molecule has 0 heterocycles. The van der Waals surface area contributed by atoms with Gasteiger partial charge in [0.05, 0.1) is 5.41 Å². The van der Waals surface area contributed by atoms with Gasteiger partial charge in [-0.25, -0.2) is 0 Å². The lowest BCUT2D eigenvalue weighted by molar-refractivity contribution is -0.138. The van der Waals surface area contributed by atoms with Gasteiger partial charge in [0, 0.05) is 11.8 Å². The lowest BCUT2D eigenvalue weighted by atomic mass is 9.45. The van der Waals surface area contributed by atoms with Gasteiger partial charge in [0.15, 0.2) is 0 Å². The fourth-order valence-corrected chi connectivity index (χ4v) is 6.82. The van der Waals surface area contributed by atoms with Gasteiger partial charge in [-0.2, -0.15) is 0 Å². The zero-order chi connectivity index (χ0) is 15.5. The van der Waals surface area contributed by atoms with E-state index in [-0.39, 0.29) is 10.8 Å². The van der Waals surface area contributed by atoms with Crippen LogP contribution in [0.4, 0.5) is 0 Å². The molecule has 120 valence electrons. The Morgan fingerprint density at radius 3 is 2.73 bits per heavy atom. The molecule has 0 saturated heterocycles. The lowest BCUT2D eigenvalue weighted by Gasteiger charge is -2.58. The van der Waals surface area contributed by atoms with Crippen molar-refractivity contribution < 1.29 is 9.59 Å². The molecule has 0 radical (unpaired) electrons. The van der Waals surface area contributed by atoms with Crippen LogP contribution in [-0.4, -0.2) is 12.1 Å². The maximum absolute atomic E-state index is 12.4. The van der Waals surface area contributed by atoms with Crippen LogP contribution in [0.5, 0.6) is 0 Å². The molecule has 4 aliphatic rings. The van der Waals surface area contributed by atoms with Crippen molar-refractivity contribution >= 4 is 12.1 Å². The number of aldehydes is 1. The summed E-state index contributed by atoms with van der Waals surface area (Å²) in [4.78, 5) is 24.7. The Morgan fingerprint density at radius 2 is 1.95 bits per heavy atom. The van der Waals surface area contributed by atoms with Gasteiger partial charge in [0.25, 0.3) is 0 Å². The summed E-state index contributed by atoms with van der Waals surface area (Å²) in [5, 5.41) is 0. The molecule has 3 fully saturated rings. The van der Waals surface area contributed by atoms with Crippen LogP contribution in [0.1, 0.15) is 65.2 Å².